The Balaban J connectivity index is 1.71. The first-order chi connectivity index (χ1) is 13.2. The summed E-state index contributed by atoms with van der Waals surface area (Å²) in [6.07, 6.45) is 6.64. The number of halogens is 1. The number of carbonyl (C=O) groups excluding carboxylic acids is 1. The van der Waals surface area contributed by atoms with Crippen molar-refractivity contribution < 1.29 is 13.2 Å². The molecular weight excluding hydrogens is 400 g/mol. The van der Waals surface area contributed by atoms with E-state index in [9.17, 15) is 13.2 Å². The van der Waals surface area contributed by atoms with Crippen LogP contribution in [0.4, 0.5) is 5.69 Å². The molecule has 1 aromatic carbocycles. The first-order valence-corrected chi connectivity index (χ1v) is 12.0. The van der Waals surface area contributed by atoms with Gasteiger partial charge in [-0.15, -0.1) is 0 Å². The van der Waals surface area contributed by atoms with Gasteiger partial charge in [0.15, 0.2) is 0 Å². The van der Waals surface area contributed by atoms with E-state index in [1.807, 2.05) is 0 Å². The summed E-state index contributed by atoms with van der Waals surface area (Å²) in [5.74, 6) is -0.261. The summed E-state index contributed by atoms with van der Waals surface area (Å²) < 4.78 is 25.2. The minimum atomic E-state index is -3.16. The smallest absolute Gasteiger partial charge is 0.254 e. The molecule has 1 saturated carbocycles. The second-order valence-electron chi connectivity index (χ2n) is 7.82. The fourth-order valence-electron chi connectivity index (χ4n) is 4.42. The van der Waals surface area contributed by atoms with E-state index in [0.717, 1.165) is 25.7 Å². The average molecular weight is 429 g/mol. The lowest BCUT2D eigenvalue weighted by Crippen LogP contribution is -2.62. The van der Waals surface area contributed by atoms with Gasteiger partial charge in [0.05, 0.1) is 16.8 Å². The molecule has 9 heteroatoms. The summed E-state index contributed by atoms with van der Waals surface area (Å²) >= 11 is 6.17. The fourth-order valence-corrected chi connectivity index (χ4v) is 5.52. The number of hydrogen-bond acceptors (Lipinski definition) is 5. The number of rotatable bonds is 5. The van der Waals surface area contributed by atoms with Crippen molar-refractivity contribution in [1.29, 1.82) is 0 Å². The van der Waals surface area contributed by atoms with Crippen molar-refractivity contribution in [3.8, 4) is 0 Å². The minimum absolute atomic E-state index is 0.145. The Hall–Kier alpha value is -1.35. The Kier molecular flexibility index (Phi) is 6.54. The molecule has 1 saturated heterocycles. The molecule has 1 amide bonds. The third-order valence-electron chi connectivity index (χ3n) is 6.01. The van der Waals surface area contributed by atoms with Crippen LogP contribution in [-0.2, 0) is 10.0 Å². The Morgan fingerprint density at radius 1 is 1.18 bits per heavy atom. The van der Waals surface area contributed by atoms with Gasteiger partial charge in [-0.3, -0.25) is 9.69 Å². The molecule has 1 aliphatic carbocycles. The lowest BCUT2D eigenvalue weighted by molar-refractivity contribution is 0.0241. The normalized spacial score (nSPS) is 21.4. The second kappa shape index (κ2) is 8.57. The third-order valence-corrected chi connectivity index (χ3v) is 7.63. The van der Waals surface area contributed by atoms with Gasteiger partial charge in [0.25, 0.3) is 5.91 Å². The molecule has 156 valence electrons. The van der Waals surface area contributed by atoms with Crippen molar-refractivity contribution in [2.45, 2.75) is 37.6 Å². The van der Waals surface area contributed by atoms with E-state index >= 15 is 0 Å². The molecule has 0 radical (unpaired) electrons. The minimum Gasteiger partial charge on any atom is -0.398 e. The number of nitrogens with one attached hydrogen (secondary N) is 1. The zero-order valence-electron chi connectivity index (χ0n) is 16.3. The molecule has 3 rings (SSSR count). The lowest BCUT2D eigenvalue weighted by atomic mass is 9.79. The van der Waals surface area contributed by atoms with Crippen molar-refractivity contribution in [3.63, 3.8) is 0 Å². The summed E-state index contributed by atoms with van der Waals surface area (Å²) in [7, 11) is -3.16. The van der Waals surface area contributed by atoms with Crippen LogP contribution in [0.5, 0.6) is 0 Å². The highest BCUT2D eigenvalue weighted by Crippen LogP contribution is 2.34. The van der Waals surface area contributed by atoms with Crippen LogP contribution in [0.3, 0.4) is 0 Å². The first kappa shape index (κ1) is 21.4. The van der Waals surface area contributed by atoms with E-state index in [1.165, 1.54) is 17.0 Å². The van der Waals surface area contributed by atoms with Gasteiger partial charge in [-0.1, -0.05) is 36.9 Å². The topological polar surface area (TPSA) is 95.7 Å². The molecule has 1 heterocycles. The SMILES string of the molecule is CS(=O)(=O)N1CCN(C2(CNC(=O)c3c(N)cccc3Cl)CCCCC2)CC1. The number of nitrogens with two attached hydrogens (primary N) is 1. The summed E-state index contributed by atoms with van der Waals surface area (Å²) in [4.78, 5) is 15.1. The number of anilines is 1. The van der Waals surface area contributed by atoms with Gasteiger partial charge in [-0.2, -0.15) is 4.31 Å². The molecule has 0 atom stereocenters. The molecule has 2 fully saturated rings. The number of nitrogen functional groups attached to an aromatic ring is 1. The van der Waals surface area contributed by atoms with Crippen LogP contribution in [0.25, 0.3) is 0 Å². The van der Waals surface area contributed by atoms with Gasteiger partial charge in [0.1, 0.15) is 0 Å². The Bertz CT molecular complexity index is 796. The number of carbonyl (C=O) groups is 1. The van der Waals surface area contributed by atoms with Crippen molar-refractivity contribution in [1.82, 2.24) is 14.5 Å². The largest absolute Gasteiger partial charge is 0.398 e. The van der Waals surface area contributed by atoms with Gasteiger partial charge in [-0.25, -0.2) is 8.42 Å². The molecule has 2 aliphatic rings. The van der Waals surface area contributed by atoms with Gasteiger partial charge < -0.3 is 11.1 Å². The Labute approximate surface area is 172 Å². The van der Waals surface area contributed by atoms with Gasteiger partial charge in [0, 0.05) is 44.0 Å². The number of hydrogen-bond donors (Lipinski definition) is 2. The maximum absolute atomic E-state index is 12.8. The Morgan fingerprint density at radius 2 is 1.82 bits per heavy atom. The molecule has 0 spiro atoms. The van der Waals surface area contributed by atoms with Gasteiger partial charge in [-0.05, 0) is 25.0 Å². The predicted molar refractivity (Wildman–Crippen MR) is 112 cm³/mol. The number of sulfonamides is 1. The zero-order valence-corrected chi connectivity index (χ0v) is 17.9. The zero-order chi connectivity index (χ0) is 20.4. The average Bonchev–Trinajstić information content (AvgIpc) is 2.66. The lowest BCUT2D eigenvalue weighted by Gasteiger charge is -2.49. The van der Waals surface area contributed by atoms with Crippen LogP contribution in [0.15, 0.2) is 18.2 Å². The molecule has 0 aromatic heterocycles. The molecule has 0 bridgehead atoms. The molecule has 1 aliphatic heterocycles. The number of benzene rings is 1. The van der Waals surface area contributed by atoms with E-state index < -0.39 is 10.0 Å². The number of nitrogens with zero attached hydrogens (tertiary/aromatic N) is 2. The van der Waals surface area contributed by atoms with E-state index in [1.54, 1.807) is 18.2 Å². The van der Waals surface area contributed by atoms with E-state index in [4.69, 9.17) is 17.3 Å². The molecule has 28 heavy (non-hydrogen) atoms. The van der Waals surface area contributed by atoms with Crippen molar-refractivity contribution in [3.05, 3.63) is 28.8 Å². The van der Waals surface area contributed by atoms with E-state index in [-0.39, 0.29) is 11.4 Å². The summed E-state index contributed by atoms with van der Waals surface area (Å²) in [6, 6.07) is 5.05. The predicted octanol–water partition coefficient (Wildman–Crippen LogP) is 1.93. The highest BCUT2D eigenvalue weighted by atomic mass is 35.5. The summed E-state index contributed by atoms with van der Waals surface area (Å²) in [6.45, 7) is 2.85. The molecule has 3 N–H and O–H groups in total. The maximum atomic E-state index is 12.8. The molecule has 0 unspecified atom stereocenters. The first-order valence-electron chi connectivity index (χ1n) is 9.75. The fraction of sp³-hybridized carbons (Fsp3) is 0.632. The van der Waals surface area contributed by atoms with Crippen molar-refractivity contribution >= 4 is 33.2 Å². The standard InChI is InChI=1S/C19H29ClN4O3S/c1-28(26,27)24-12-10-23(11-13-24)19(8-3-2-4-9-19)14-22-18(25)17-15(20)6-5-7-16(17)21/h5-7H,2-4,8-14,21H2,1H3,(H,22,25). The summed E-state index contributed by atoms with van der Waals surface area (Å²) in [5, 5.41) is 3.40. The van der Waals surface area contributed by atoms with Gasteiger partial charge in [0.2, 0.25) is 10.0 Å². The molecular formula is C19H29ClN4O3S. The van der Waals surface area contributed by atoms with Crippen LogP contribution in [0, 0.1) is 0 Å². The summed E-state index contributed by atoms with van der Waals surface area (Å²) in [5.41, 5.74) is 6.48. The molecule has 7 nitrogen and oxygen atoms in total. The van der Waals surface area contributed by atoms with Crippen LogP contribution < -0.4 is 11.1 Å². The Morgan fingerprint density at radius 3 is 2.39 bits per heavy atom. The van der Waals surface area contributed by atoms with Crippen molar-refractivity contribution in [2.24, 2.45) is 0 Å². The maximum Gasteiger partial charge on any atom is 0.254 e. The molecule has 1 aromatic rings. The van der Waals surface area contributed by atoms with Crippen LogP contribution in [0.2, 0.25) is 5.02 Å². The van der Waals surface area contributed by atoms with Gasteiger partial charge >= 0.3 is 0 Å². The van der Waals surface area contributed by atoms with E-state index in [2.05, 4.69) is 10.2 Å². The highest BCUT2D eigenvalue weighted by molar-refractivity contribution is 7.88. The number of amides is 1. The van der Waals surface area contributed by atoms with Crippen LogP contribution in [0.1, 0.15) is 42.5 Å². The third kappa shape index (κ3) is 4.62. The second-order valence-corrected chi connectivity index (χ2v) is 10.2. The van der Waals surface area contributed by atoms with Crippen LogP contribution >= 0.6 is 11.6 Å². The van der Waals surface area contributed by atoms with Crippen LogP contribution in [-0.4, -0.2) is 68.0 Å². The quantitative estimate of drug-likeness (QED) is 0.698. The van der Waals surface area contributed by atoms with E-state index in [0.29, 0.717) is 49.0 Å². The highest BCUT2D eigenvalue weighted by Gasteiger charge is 2.40. The van der Waals surface area contributed by atoms with Crippen molar-refractivity contribution in [2.75, 3.05) is 44.7 Å². The monoisotopic (exact) mass is 428 g/mol. The number of piperazine rings is 1.